The zero-order valence-electron chi connectivity index (χ0n) is 17.4. The highest BCUT2D eigenvalue weighted by molar-refractivity contribution is 5.82. The van der Waals surface area contributed by atoms with Gasteiger partial charge in [0.2, 0.25) is 0 Å². The third-order valence-electron chi connectivity index (χ3n) is 5.83. The SMILES string of the molecule is CO[C@H](C(=O)N(C)CC1CCN(CCc2ccccc2F)CC1)c1ccccc1. The van der Waals surface area contributed by atoms with Crippen LogP contribution < -0.4 is 0 Å². The first-order valence-electron chi connectivity index (χ1n) is 10.4. The fourth-order valence-electron chi connectivity index (χ4n) is 4.06. The van der Waals surface area contributed by atoms with Crippen LogP contribution in [-0.2, 0) is 16.0 Å². The van der Waals surface area contributed by atoms with E-state index in [1.54, 1.807) is 18.1 Å². The topological polar surface area (TPSA) is 32.8 Å². The van der Waals surface area contributed by atoms with Crippen LogP contribution in [-0.4, -0.2) is 56.0 Å². The molecule has 0 unspecified atom stereocenters. The van der Waals surface area contributed by atoms with Crippen LogP contribution in [0.1, 0.15) is 30.1 Å². The number of carbonyl (C=O) groups is 1. The summed E-state index contributed by atoms with van der Waals surface area (Å²) in [5.41, 5.74) is 1.67. The normalized spacial score (nSPS) is 16.5. The van der Waals surface area contributed by atoms with E-state index in [1.165, 1.54) is 6.07 Å². The van der Waals surface area contributed by atoms with Crippen molar-refractivity contribution in [2.75, 3.05) is 40.3 Å². The molecule has 0 radical (unpaired) electrons. The van der Waals surface area contributed by atoms with Crippen molar-refractivity contribution in [3.8, 4) is 0 Å². The van der Waals surface area contributed by atoms with Crippen molar-refractivity contribution in [3.63, 3.8) is 0 Å². The highest BCUT2D eigenvalue weighted by atomic mass is 19.1. The smallest absolute Gasteiger partial charge is 0.256 e. The predicted molar refractivity (Wildman–Crippen MR) is 113 cm³/mol. The molecular weight excluding hydrogens is 367 g/mol. The first-order valence-corrected chi connectivity index (χ1v) is 10.4. The van der Waals surface area contributed by atoms with Crippen LogP contribution in [0.3, 0.4) is 0 Å². The summed E-state index contributed by atoms with van der Waals surface area (Å²) in [6.07, 6.45) is 2.29. The maximum Gasteiger partial charge on any atom is 0.256 e. The Morgan fingerprint density at radius 2 is 1.79 bits per heavy atom. The second-order valence-corrected chi connectivity index (χ2v) is 7.87. The number of rotatable bonds is 8. The average molecular weight is 399 g/mol. The number of ether oxygens (including phenoxy) is 1. The van der Waals surface area contributed by atoms with Crippen LogP contribution in [0.5, 0.6) is 0 Å². The van der Waals surface area contributed by atoms with Crippen LogP contribution in [0.4, 0.5) is 4.39 Å². The van der Waals surface area contributed by atoms with Gasteiger partial charge >= 0.3 is 0 Å². The Morgan fingerprint density at radius 3 is 2.45 bits per heavy atom. The summed E-state index contributed by atoms with van der Waals surface area (Å²) < 4.78 is 19.3. The highest BCUT2D eigenvalue weighted by Gasteiger charge is 2.27. The number of piperidine rings is 1. The molecule has 4 nitrogen and oxygen atoms in total. The van der Waals surface area contributed by atoms with Gasteiger partial charge in [0.1, 0.15) is 5.82 Å². The van der Waals surface area contributed by atoms with Crippen LogP contribution in [0.15, 0.2) is 54.6 Å². The number of carbonyl (C=O) groups excluding carboxylic acids is 1. The lowest BCUT2D eigenvalue weighted by Gasteiger charge is -2.34. The minimum atomic E-state index is -0.554. The van der Waals surface area contributed by atoms with Crippen molar-refractivity contribution in [2.45, 2.75) is 25.4 Å². The number of benzene rings is 2. The lowest BCUT2D eigenvalue weighted by atomic mass is 9.95. The standard InChI is InChI=1S/C24H31FN2O2/c1-26(24(28)23(29-2)21-9-4-3-5-10-21)18-19-12-15-27(16-13-19)17-14-20-8-6-7-11-22(20)25/h3-11,19,23H,12-18H2,1-2H3/t23-/m0/s1. The van der Waals surface area contributed by atoms with Crippen molar-refractivity contribution in [1.29, 1.82) is 0 Å². The molecule has 1 heterocycles. The van der Waals surface area contributed by atoms with E-state index in [-0.39, 0.29) is 11.7 Å². The molecule has 2 aromatic carbocycles. The molecule has 0 N–H and O–H groups in total. The van der Waals surface area contributed by atoms with Crippen LogP contribution in [0.2, 0.25) is 0 Å². The van der Waals surface area contributed by atoms with Crippen molar-refractivity contribution in [1.82, 2.24) is 9.80 Å². The summed E-state index contributed by atoms with van der Waals surface area (Å²) in [7, 11) is 3.44. The molecule has 1 amide bonds. The Labute approximate surface area is 173 Å². The number of methoxy groups -OCH3 is 1. The highest BCUT2D eigenvalue weighted by Crippen LogP contribution is 2.22. The van der Waals surface area contributed by atoms with E-state index in [9.17, 15) is 9.18 Å². The Hall–Kier alpha value is -2.24. The lowest BCUT2D eigenvalue weighted by Crippen LogP contribution is -2.41. The van der Waals surface area contributed by atoms with Gasteiger partial charge in [-0.2, -0.15) is 0 Å². The van der Waals surface area contributed by atoms with Crippen molar-refractivity contribution >= 4 is 5.91 Å². The molecule has 0 aromatic heterocycles. The molecule has 29 heavy (non-hydrogen) atoms. The molecule has 5 heteroatoms. The van der Waals surface area contributed by atoms with E-state index >= 15 is 0 Å². The number of likely N-dealkylation sites (tertiary alicyclic amines) is 1. The van der Waals surface area contributed by atoms with Crippen LogP contribution in [0, 0.1) is 11.7 Å². The number of hydrogen-bond donors (Lipinski definition) is 0. The fourth-order valence-corrected chi connectivity index (χ4v) is 4.06. The van der Waals surface area contributed by atoms with E-state index in [4.69, 9.17) is 4.74 Å². The summed E-state index contributed by atoms with van der Waals surface area (Å²) in [5.74, 6) is 0.372. The van der Waals surface area contributed by atoms with Gasteiger partial charge < -0.3 is 14.5 Å². The van der Waals surface area contributed by atoms with Crippen molar-refractivity contribution in [2.24, 2.45) is 5.92 Å². The maximum atomic E-state index is 13.8. The minimum absolute atomic E-state index is 0.000632. The molecule has 1 aliphatic rings. The van der Waals surface area contributed by atoms with E-state index in [2.05, 4.69) is 4.90 Å². The van der Waals surface area contributed by atoms with Gasteiger partial charge in [-0.3, -0.25) is 4.79 Å². The predicted octanol–water partition coefficient (Wildman–Crippen LogP) is 3.93. The molecule has 156 valence electrons. The number of nitrogens with zero attached hydrogens (tertiary/aromatic N) is 2. The van der Waals surface area contributed by atoms with Gasteiger partial charge in [-0.15, -0.1) is 0 Å². The third kappa shape index (κ3) is 5.87. The zero-order chi connectivity index (χ0) is 20.6. The Morgan fingerprint density at radius 1 is 1.14 bits per heavy atom. The summed E-state index contributed by atoms with van der Waals surface area (Å²) in [4.78, 5) is 17.1. The monoisotopic (exact) mass is 398 g/mol. The molecule has 0 bridgehead atoms. The van der Waals surface area contributed by atoms with Gasteiger partial charge in [0.05, 0.1) is 0 Å². The number of halogens is 1. The first-order chi connectivity index (χ1) is 14.1. The molecule has 2 aromatic rings. The molecule has 0 spiro atoms. The Kier molecular flexibility index (Phi) is 7.78. The molecule has 3 rings (SSSR count). The van der Waals surface area contributed by atoms with Gasteiger partial charge in [0.15, 0.2) is 6.10 Å². The van der Waals surface area contributed by atoms with Crippen LogP contribution >= 0.6 is 0 Å². The van der Waals surface area contributed by atoms with E-state index in [1.807, 2.05) is 49.5 Å². The molecule has 1 saturated heterocycles. The first kappa shape index (κ1) is 21.5. The van der Waals surface area contributed by atoms with E-state index in [0.717, 1.165) is 56.6 Å². The van der Waals surface area contributed by atoms with Gasteiger partial charge in [0.25, 0.3) is 5.91 Å². The van der Waals surface area contributed by atoms with Crippen molar-refractivity contribution in [3.05, 3.63) is 71.5 Å². The summed E-state index contributed by atoms with van der Waals surface area (Å²) in [6.45, 7) is 3.61. The Balaban J connectivity index is 1.45. The quantitative estimate of drug-likeness (QED) is 0.676. The number of amides is 1. The maximum absolute atomic E-state index is 13.8. The molecule has 0 aliphatic carbocycles. The second kappa shape index (κ2) is 10.5. The largest absolute Gasteiger partial charge is 0.367 e. The van der Waals surface area contributed by atoms with Gasteiger partial charge in [-0.05, 0) is 55.5 Å². The Bertz CT molecular complexity index is 775. The summed E-state index contributed by atoms with van der Waals surface area (Å²) in [6, 6.07) is 16.6. The molecule has 1 aliphatic heterocycles. The van der Waals surface area contributed by atoms with Crippen molar-refractivity contribution < 1.29 is 13.9 Å². The lowest BCUT2D eigenvalue weighted by molar-refractivity contribution is -0.141. The zero-order valence-corrected chi connectivity index (χ0v) is 17.4. The number of likely N-dealkylation sites (N-methyl/N-ethyl adjacent to an activating group) is 1. The summed E-state index contributed by atoms with van der Waals surface area (Å²) in [5, 5.41) is 0. The van der Waals surface area contributed by atoms with Gasteiger partial charge in [0, 0.05) is 27.2 Å². The van der Waals surface area contributed by atoms with Gasteiger partial charge in [-0.25, -0.2) is 4.39 Å². The number of hydrogen-bond acceptors (Lipinski definition) is 3. The average Bonchev–Trinajstić information content (AvgIpc) is 2.75. The van der Waals surface area contributed by atoms with E-state index < -0.39 is 6.10 Å². The van der Waals surface area contributed by atoms with Crippen LogP contribution in [0.25, 0.3) is 0 Å². The second-order valence-electron chi connectivity index (χ2n) is 7.87. The molecule has 1 fully saturated rings. The molecule has 0 saturated carbocycles. The molecular formula is C24H31FN2O2. The summed E-state index contributed by atoms with van der Waals surface area (Å²) >= 11 is 0. The molecule has 1 atom stereocenters. The van der Waals surface area contributed by atoms with E-state index in [0.29, 0.717) is 5.92 Å². The minimum Gasteiger partial charge on any atom is -0.367 e. The van der Waals surface area contributed by atoms with Gasteiger partial charge in [-0.1, -0.05) is 48.5 Å². The third-order valence-corrected chi connectivity index (χ3v) is 5.83. The fraction of sp³-hybridized carbons (Fsp3) is 0.458.